The molecule has 1 aromatic rings. The van der Waals surface area contributed by atoms with Crippen molar-refractivity contribution in [1.82, 2.24) is 0 Å². The van der Waals surface area contributed by atoms with Gasteiger partial charge in [0.25, 0.3) is 0 Å². The molecule has 0 saturated heterocycles. The molecule has 0 spiro atoms. The number of carbonyl (C=O) groups excluding carboxylic acids is 1. The van der Waals surface area contributed by atoms with Crippen LogP contribution in [0.5, 0.6) is 5.75 Å². The van der Waals surface area contributed by atoms with Crippen molar-refractivity contribution < 1.29 is 24.5 Å². The maximum absolute atomic E-state index is 11.6. The second kappa shape index (κ2) is 6.47. The number of ether oxygens (including phenoxy) is 1. The molecule has 1 amide bonds. The molecule has 3 N–H and O–H groups in total. The van der Waals surface area contributed by atoms with Crippen LogP contribution in [0.2, 0.25) is 0 Å². The lowest BCUT2D eigenvalue weighted by molar-refractivity contribution is -0.137. The Hall–Kier alpha value is -2.24. The van der Waals surface area contributed by atoms with E-state index in [-0.39, 0.29) is 18.1 Å². The Balaban J connectivity index is 2.78. The Morgan fingerprint density at radius 1 is 1.33 bits per heavy atom. The number of hydrogen-bond acceptors (Lipinski definition) is 4. The van der Waals surface area contributed by atoms with Crippen LogP contribution in [0, 0.1) is 0 Å². The number of anilines is 1. The number of phenolic OH excluding ortho intramolecular Hbond substituents is 1. The average Bonchev–Trinajstić information content (AvgIpc) is 2.24. The van der Waals surface area contributed by atoms with Gasteiger partial charge < -0.3 is 14.9 Å². The summed E-state index contributed by atoms with van der Waals surface area (Å²) in [6, 6.07) is 4.56. The molecule has 0 fully saturated rings. The van der Waals surface area contributed by atoms with Gasteiger partial charge in [-0.3, -0.25) is 10.1 Å². The number of aliphatic carboxylic acids is 1. The van der Waals surface area contributed by atoms with Crippen molar-refractivity contribution in [2.45, 2.75) is 45.6 Å². The number of carbonyl (C=O) groups is 2. The lowest BCUT2D eigenvalue weighted by Crippen LogP contribution is -2.27. The molecule has 0 radical (unpaired) electrons. The summed E-state index contributed by atoms with van der Waals surface area (Å²) >= 11 is 0. The molecule has 0 aliphatic rings. The molecule has 6 heteroatoms. The normalized spacial score (nSPS) is 12.6. The molecule has 21 heavy (non-hydrogen) atoms. The number of rotatable bonds is 4. The minimum Gasteiger partial charge on any atom is -0.508 e. The maximum Gasteiger partial charge on any atom is 0.412 e. The predicted molar refractivity (Wildman–Crippen MR) is 78.6 cm³/mol. The molecule has 116 valence electrons. The highest BCUT2D eigenvalue weighted by Crippen LogP contribution is 2.30. The molecular formula is C15H21NO5. The molecule has 0 aliphatic heterocycles. The molecule has 1 unspecified atom stereocenters. The number of aromatic hydroxyl groups is 1. The summed E-state index contributed by atoms with van der Waals surface area (Å²) in [4.78, 5) is 22.3. The molecule has 0 aromatic heterocycles. The highest BCUT2D eigenvalue weighted by Gasteiger charge is 2.18. The second-order valence-electron chi connectivity index (χ2n) is 5.90. The van der Waals surface area contributed by atoms with Crippen molar-refractivity contribution in [1.29, 1.82) is 0 Å². The lowest BCUT2D eigenvalue weighted by Gasteiger charge is -2.20. The molecule has 0 heterocycles. The largest absolute Gasteiger partial charge is 0.508 e. The minimum absolute atomic E-state index is 0.0580. The van der Waals surface area contributed by atoms with E-state index in [2.05, 4.69) is 5.32 Å². The summed E-state index contributed by atoms with van der Waals surface area (Å²) in [5.74, 6) is -1.31. The molecular weight excluding hydrogens is 274 g/mol. The van der Waals surface area contributed by atoms with Gasteiger partial charge in [0.2, 0.25) is 0 Å². The summed E-state index contributed by atoms with van der Waals surface area (Å²) in [6.07, 6.45) is -0.694. The standard InChI is InChI=1S/C15H21NO5/c1-9(7-13(18)19)11-6-5-10(8-12(11)17)16-14(20)21-15(2,3)4/h5-6,8-9,17H,7H2,1-4H3,(H,16,20)(H,18,19). The zero-order valence-corrected chi connectivity index (χ0v) is 12.6. The van der Waals surface area contributed by atoms with E-state index in [0.717, 1.165) is 0 Å². The van der Waals surface area contributed by atoms with Crippen LogP contribution in [-0.2, 0) is 9.53 Å². The van der Waals surface area contributed by atoms with E-state index in [4.69, 9.17) is 9.84 Å². The lowest BCUT2D eigenvalue weighted by atomic mass is 9.96. The van der Waals surface area contributed by atoms with E-state index in [1.807, 2.05) is 0 Å². The van der Waals surface area contributed by atoms with Gasteiger partial charge in [-0.05, 0) is 38.3 Å². The summed E-state index contributed by atoms with van der Waals surface area (Å²) in [5, 5.41) is 21.2. The molecule has 0 saturated carbocycles. The fraction of sp³-hybridized carbons (Fsp3) is 0.467. The van der Waals surface area contributed by atoms with Crippen LogP contribution in [0.3, 0.4) is 0 Å². The van der Waals surface area contributed by atoms with Gasteiger partial charge in [0.1, 0.15) is 11.4 Å². The number of amides is 1. The van der Waals surface area contributed by atoms with Gasteiger partial charge in [-0.2, -0.15) is 0 Å². The summed E-state index contributed by atoms with van der Waals surface area (Å²) in [5.41, 5.74) is 0.294. The number of carboxylic acids is 1. The van der Waals surface area contributed by atoms with Gasteiger partial charge in [0.15, 0.2) is 0 Å². The Bertz CT molecular complexity index is 533. The first-order valence-corrected chi connectivity index (χ1v) is 6.63. The van der Waals surface area contributed by atoms with Crippen LogP contribution in [0.4, 0.5) is 10.5 Å². The minimum atomic E-state index is -0.933. The maximum atomic E-state index is 11.6. The van der Waals surface area contributed by atoms with Crippen molar-refractivity contribution in [2.75, 3.05) is 5.32 Å². The Labute approximate surface area is 123 Å². The molecule has 6 nitrogen and oxygen atoms in total. The van der Waals surface area contributed by atoms with E-state index in [9.17, 15) is 14.7 Å². The quantitative estimate of drug-likeness (QED) is 0.792. The van der Waals surface area contributed by atoms with Crippen LogP contribution in [0.25, 0.3) is 0 Å². The van der Waals surface area contributed by atoms with Crippen LogP contribution >= 0.6 is 0 Å². The van der Waals surface area contributed by atoms with Gasteiger partial charge in [-0.15, -0.1) is 0 Å². The van der Waals surface area contributed by atoms with Gasteiger partial charge in [-0.25, -0.2) is 4.79 Å². The number of hydrogen-bond donors (Lipinski definition) is 3. The zero-order chi connectivity index (χ0) is 16.2. The van der Waals surface area contributed by atoms with Crippen molar-refractivity contribution >= 4 is 17.7 Å². The third kappa shape index (κ3) is 5.72. The number of benzene rings is 1. The van der Waals surface area contributed by atoms with Crippen molar-refractivity contribution in [3.05, 3.63) is 23.8 Å². The molecule has 1 atom stereocenters. The average molecular weight is 295 g/mol. The molecule has 0 aliphatic carbocycles. The van der Waals surface area contributed by atoms with Crippen molar-refractivity contribution in [3.8, 4) is 5.75 Å². The fourth-order valence-corrected chi connectivity index (χ4v) is 1.83. The van der Waals surface area contributed by atoms with Crippen molar-refractivity contribution in [3.63, 3.8) is 0 Å². The fourth-order valence-electron chi connectivity index (χ4n) is 1.83. The zero-order valence-electron chi connectivity index (χ0n) is 12.6. The van der Waals surface area contributed by atoms with Gasteiger partial charge in [0, 0.05) is 11.8 Å². The number of carboxylic acid groups (broad SMARTS) is 1. The summed E-state index contributed by atoms with van der Waals surface area (Å²) < 4.78 is 5.10. The molecule has 1 aromatic carbocycles. The third-order valence-corrected chi connectivity index (χ3v) is 2.69. The van der Waals surface area contributed by atoms with Crippen LogP contribution in [0.1, 0.15) is 45.6 Å². The van der Waals surface area contributed by atoms with Gasteiger partial charge >= 0.3 is 12.1 Å². The van der Waals surface area contributed by atoms with E-state index in [0.29, 0.717) is 11.3 Å². The molecule has 0 bridgehead atoms. The summed E-state index contributed by atoms with van der Waals surface area (Å²) in [7, 11) is 0. The van der Waals surface area contributed by atoms with E-state index in [1.54, 1.807) is 39.8 Å². The number of nitrogens with one attached hydrogen (secondary N) is 1. The summed E-state index contributed by atoms with van der Waals surface area (Å²) in [6.45, 7) is 6.96. The highest BCUT2D eigenvalue weighted by molar-refractivity contribution is 5.85. The highest BCUT2D eigenvalue weighted by atomic mass is 16.6. The van der Waals surface area contributed by atoms with Gasteiger partial charge in [0.05, 0.1) is 6.42 Å². The smallest absolute Gasteiger partial charge is 0.412 e. The topological polar surface area (TPSA) is 95.9 Å². The first kappa shape index (κ1) is 16.8. The van der Waals surface area contributed by atoms with Crippen LogP contribution in [0.15, 0.2) is 18.2 Å². The molecule has 1 rings (SSSR count). The van der Waals surface area contributed by atoms with E-state index < -0.39 is 17.7 Å². The van der Waals surface area contributed by atoms with Crippen LogP contribution < -0.4 is 5.32 Å². The SMILES string of the molecule is CC(CC(=O)O)c1ccc(NC(=O)OC(C)(C)C)cc1O. The monoisotopic (exact) mass is 295 g/mol. The third-order valence-electron chi connectivity index (χ3n) is 2.69. The predicted octanol–water partition coefficient (Wildman–Crippen LogP) is 3.32. The number of phenols is 1. The Morgan fingerprint density at radius 2 is 1.95 bits per heavy atom. The van der Waals surface area contributed by atoms with E-state index in [1.165, 1.54) is 6.07 Å². The second-order valence-corrected chi connectivity index (χ2v) is 5.90. The Kier molecular flexibility index (Phi) is 5.18. The first-order valence-electron chi connectivity index (χ1n) is 6.63. The van der Waals surface area contributed by atoms with Gasteiger partial charge in [-0.1, -0.05) is 13.0 Å². The Morgan fingerprint density at radius 3 is 2.43 bits per heavy atom. The van der Waals surface area contributed by atoms with Crippen LogP contribution in [-0.4, -0.2) is 27.9 Å². The van der Waals surface area contributed by atoms with Crippen molar-refractivity contribution in [2.24, 2.45) is 0 Å². The first-order chi connectivity index (χ1) is 9.58. The van der Waals surface area contributed by atoms with E-state index >= 15 is 0 Å².